The Morgan fingerprint density at radius 2 is 1.89 bits per heavy atom. The summed E-state index contributed by atoms with van der Waals surface area (Å²) in [4.78, 5) is 17.2. The molecule has 35 heavy (non-hydrogen) atoms. The van der Waals surface area contributed by atoms with Gasteiger partial charge in [0.25, 0.3) is 0 Å². The number of carbonyl (C=O) groups is 1. The monoisotopic (exact) mass is 488 g/mol. The minimum Gasteiger partial charge on any atom is -0.496 e. The van der Waals surface area contributed by atoms with Crippen LogP contribution in [0.2, 0.25) is 0 Å². The van der Waals surface area contributed by atoms with Gasteiger partial charge < -0.3 is 14.4 Å². The number of aromatic nitrogens is 2. The van der Waals surface area contributed by atoms with Gasteiger partial charge in [0.05, 0.1) is 29.3 Å². The zero-order valence-corrected chi connectivity index (χ0v) is 20.1. The van der Waals surface area contributed by atoms with E-state index in [1.807, 2.05) is 22.8 Å². The number of benzene rings is 2. The van der Waals surface area contributed by atoms with Gasteiger partial charge in [-0.15, -0.1) is 0 Å². The number of Topliss-reactive ketones (excluding diaryl/α,β-unsaturated/α-hetero) is 1. The van der Waals surface area contributed by atoms with E-state index in [0.717, 1.165) is 31.2 Å². The molecule has 0 aliphatic heterocycles. The molecule has 2 aromatic carbocycles. The molecule has 1 aromatic heterocycles. The van der Waals surface area contributed by atoms with E-state index >= 15 is 0 Å². The van der Waals surface area contributed by atoms with E-state index in [-0.39, 0.29) is 24.0 Å². The van der Waals surface area contributed by atoms with E-state index in [0.29, 0.717) is 42.3 Å². The van der Waals surface area contributed by atoms with Gasteiger partial charge in [0, 0.05) is 31.4 Å². The maximum absolute atomic E-state index is 13.6. The van der Waals surface area contributed by atoms with Gasteiger partial charge in [0.2, 0.25) is 0 Å². The van der Waals surface area contributed by atoms with E-state index < -0.39 is 17.3 Å². The third kappa shape index (κ3) is 5.53. The molecule has 0 radical (unpaired) electrons. The highest BCUT2D eigenvalue weighted by Crippen LogP contribution is 2.42. The van der Waals surface area contributed by atoms with E-state index in [9.17, 15) is 23.1 Å². The van der Waals surface area contributed by atoms with Gasteiger partial charge in [-0.05, 0) is 50.7 Å². The van der Waals surface area contributed by atoms with Crippen molar-refractivity contribution < 1.29 is 27.8 Å². The number of hydrogen-bond acceptors (Lipinski definition) is 4. The first-order valence-corrected chi connectivity index (χ1v) is 12.1. The number of methoxy groups -OCH3 is 1. The van der Waals surface area contributed by atoms with Crippen LogP contribution in [0.4, 0.5) is 13.2 Å². The molecule has 188 valence electrons. The molecular formula is C27H31F3N2O3. The zero-order valence-electron chi connectivity index (χ0n) is 20.1. The summed E-state index contributed by atoms with van der Waals surface area (Å²) in [6.45, 7) is 1.64. The molecule has 1 aliphatic carbocycles. The fourth-order valence-corrected chi connectivity index (χ4v) is 4.77. The Hall–Kier alpha value is -2.87. The maximum atomic E-state index is 13.6. The molecule has 1 heterocycles. The van der Waals surface area contributed by atoms with Crippen molar-refractivity contribution >= 4 is 16.8 Å². The van der Waals surface area contributed by atoms with Gasteiger partial charge in [0.1, 0.15) is 17.4 Å². The van der Waals surface area contributed by atoms with Crippen LogP contribution in [0, 0.1) is 0 Å². The lowest BCUT2D eigenvalue weighted by atomic mass is 9.89. The van der Waals surface area contributed by atoms with E-state index in [1.165, 1.54) is 13.2 Å². The molecule has 1 unspecified atom stereocenters. The van der Waals surface area contributed by atoms with Crippen LogP contribution in [0.1, 0.15) is 74.9 Å². The lowest BCUT2D eigenvalue weighted by Gasteiger charge is -2.29. The summed E-state index contributed by atoms with van der Waals surface area (Å²) in [5, 5.41) is 10.7. The number of alkyl halides is 3. The molecule has 1 atom stereocenters. The fourth-order valence-electron chi connectivity index (χ4n) is 4.77. The summed E-state index contributed by atoms with van der Waals surface area (Å²) in [5.74, 6) is 0.492. The largest absolute Gasteiger partial charge is 0.496 e. The number of fused-ring (bicyclic) bond motifs is 1. The third-order valence-electron chi connectivity index (χ3n) is 6.87. The topological polar surface area (TPSA) is 64.3 Å². The van der Waals surface area contributed by atoms with Crippen LogP contribution in [0.3, 0.4) is 0 Å². The molecule has 3 aromatic rings. The van der Waals surface area contributed by atoms with Crippen LogP contribution in [0.5, 0.6) is 5.75 Å². The number of aryl methyl sites for hydroxylation is 1. The number of imidazole rings is 1. The quantitative estimate of drug-likeness (QED) is 0.337. The van der Waals surface area contributed by atoms with Gasteiger partial charge in [0.15, 0.2) is 0 Å². The number of ether oxygens (including phenoxy) is 1. The average molecular weight is 489 g/mol. The molecule has 0 bridgehead atoms. The van der Waals surface area contributed by atoms with Crippen molar-refractivity contribution in [2.45, 2.75) is 76.1 Å². The minimum absolute atomic E-state index is 0.0223. The Morgan fingerprint density at radius 1 is 1.17 bits per heavy atom. The molecule has 1 fully saturated rings. The summed E-state index contributed by atoms with van der Waals surface area (Å²) < 4.78 is 47.7. The molecule has 5 nitrogen and oxygen atoms in total. The Balaban J connectivity index is 1.45. The Labute approximate surface area is 202 Å². The predicted molar refractivity (Wildman–Crippen MR) is 127 cm³/mol. The van der Waals surface area contributed by atoms with Gasteiger partial charge in [-0.2, -0.15) is 13.2 Å². The molecule has 0 amide bonds. The number of halogens is 3. The molecule has 1 N–H and O–H groups in total. The van der Waals surface area contributed by atoms with Crippen molar-refractivity contribution in [3.05, 3.63) is 59.4 Å². The molecule has 8 heteroatoms. The van der Waals surface area contributed by atoms with Crippen LogP contribution < -0.4 is 4.74 Å². The second kappa shape index (κ2) is 10.0. The first kappa shape index (κ1) is 25.2. The van der Waals surface area contributed by atoms with Gasteiger partial charge in [-0.3, -0.25) is 4.79 Å². The van der Waals surface area contributed by atoms with Crippen molar-refractivity contribution in [1.82, 2.24) is 9.55 Å². The number of nitrogens with zero attached hydrogens (tertiary/aromatic N) is 2. The van der Waals surface area contributed by atoms with Crippen molar-refractivity contribution in [2.24, 2.45) is 0 Å². The normalized spacial score (nSPS) is 16.2. The zero-order chi connectivity index (χ0) is 25.2. The summed E-state index contributed by atoms with van der Waals surface area (Å²) in [6, 6.07) is 11.8. The molecule has 0 spiro atoms. The van der Waals surface area contributed by atoms with E-state index in [4.69, 9.17) is 4.74 Å². The minimum atomic E-state index is -4.52. The van der Waals surface area contributed by atoms with Crippen LogP contribution in [-0.2, 0) is 23.0 Å². The smallest absolute Gasteiger partial charge is 0.420 e. The Bertz CT molecular complexity index is 1180. The highest BCUT2D eigenvalue weighted by molar-refractivity contribution is 5.80. The first-order chi connectivity index (χ1) is 16.6. The average Bonchev–Trinajstić information content (AvgIpc) is 3.11. The number of rotatable bonds is 10. The highest BCUT2D eigenvalue weighted by atomic mass is 19.4. The third-order valence-corrected chi connectivity index (χ3v) is 6.87. The van der Waals surface area contributed by atoms with Crippen LogP contribution in [0.15, 0.2) is 42.5 Å². The molecule has 1 aliphatic rings. The van der Waals surface area contributed by atoms with Gasteiger partial charge >= 0.3 is 6.18 Å². The van der Waals surface area contributed by atoms with Crippen LogP contribution >= 0.6 is 0 Å². The fraction of sp³-hybridized carbons (Fsp3) is 0.481. The Morgan fingerprint density at radius 3 is 2.49 bits per heavy atom. The predicted octanol–water partition coefficient (Wildman–Crippen LogP) is 6.37. The number of ketones is 1. The SMILES string of the molecule is COc1cc2nc(CCCCC(=O)CC(C)(O)c3ccccc3)n(C3CCC3)c2cc1C(F)(F)F. The van der Waals surface area contributed by atoms with Crippen molar-refractivity contribution in [2.75, 3.05) is 7.11 Å². The summed E-state index contributed by atoms with van der Waals surface area (Å²) in [7, 11) is 1.23. The van der Waals surface area contributed by atoms with Crippen molar-refractivity contribution in [1.29, 1.82) is 0 Å². The standard InChI is InChI=1S/C27H31F3N2O3/c1-26(34,18-9-4-3-5-10-18)17-20(33)13-6-7-14-25-31-22-16-24(35-2)21(27(28,29)30)15-23(22)32(25)19-11-8-12-19/h3-5,9-10,15-16,19,34H,6-8,11-14,17H2,1-2H3. The van der Waals surface area contributed by atoms with E-state index in [2.05, 4.69) is 4.98 Å². The first-order valence-electron chi connectivity index (χ1n) is 12.1. The molecular weight excluding hydrogens is 457 g/mol. The van der Waals surface area contributed by atoms with Crippen molar-refractivity contribution in [3.63, 3.8) is 0 Å². The highest BCUT2D eigenvalue weighted by Gasteiger charge is 2.36. The second-order valence-corrected chi connectivity index (χ2v) is 9.58. The molecule has 1 saturated carbocycles. The van der Waals surface area contributed by atoms with E-state index in [1.54, 1.807) is 19.1 Å². The van der Waals surface area contributed by atoms with Gasteiger partial charge in [-0.1, -0.05) is 30.3 Å². The lowest BCUT2D eigenvalue weighted by Crippen LogP contribution is -2.25. The Kier molecular flexibility index (Phi) is 7.22. The van der Waals surface area contributed by atoms with Gasteiger partial charge in [-0.25, -0.2) is 4.98 Å². The number of hydrogen-bond donors (Lipinski definition) is 1. The van der Waals surface area contributed by atoms with Crippen molar-refractivity contribution in [3.8, 4) is 5.75 Å². The molecule has 4 rings (SSSR count). The second-order valence-electron chi connectivity index (χ2n) is 9.58. The number of unbranched alkanes of at least 4 members (excludes halogenated alkanes) is 1. The molecule has 0 saturated heterocycles. The number of carbonyl (C=O) groups excluding carboxylic acids is 1. The number of aliphatic hydroxyl groups is 1. The summed E-state index contributed by atoms with van der Waals surface area (Å²) in [5.41, 5.74) is -0.336. The lowest BCUT2D eigenvalue weighted by molar-refractivity contribution is -0.138. The van der Waals surface area contributed by atoms with Crippen LogP contribution in [-0.4, -0.2) is 27.6 Å². The summed E-state index contributed by atoms with van der Waals surface area (Å²) in [6.07, 6.45) is 0.593. The van der Waals surface area contributed by atoms with Crippen LogP contribution in [0.25, 0.3) is 11.0 Å². The maximum Gasteiger partial charge on any atom is 0.420 e. The summed E-state index contributed by atoms with van der Waals surface area (Å²) >= 11 is 0.